The fraction of sp³-hybridized carbons (Fsp3) is 0.400. The van der Waals surface area contributed by atoms with Gasteiger partial charge < -0.3 is 5.32 Å². The molecule has 1 saturated heterocycles. The fourth-order valence-corrected chi connectivity index (χ4v) is 3.60. The van der Waals surface area contributed by atoms with Crippen molar-refractivity contribution >= 4 is 22.9 Å². The average Bonchev–Trinajstić information content (AvgIpc) is 2.90. The third-order valence-electron chi connectivity index (χ3n) is 3.66. The maximum atomic E-state index is 6.23. The van der Waals surface area contributed by atoms with Crippen molar-refractivity contribution in [3.05, 3.63) is 40.4 Å². The van der Waals surface area contributed by atoms with Crippen molar-refractivity contribution in [1.29, 1.82) is 0 Å². The predicted molar refractivity (Wildman–Crippen MR) is 85.3 cm³/mol. The molecule has 1 fully saturated rings. The molecule has 3 rings (SSSR count). The van der Waals surface area contributed by atoms with E-state index in [0.717, 1.165) is 47.5 Å². The van der Waals surface area contributed by atoms with Gasteiger partial charge in [-0.05, 0) is 13.0 Å². The van der Waals surface area contributed by atoms with Crippen molar-refractivity contribution in [3.8, 4) is 10.6 Å². The Kier molecular flexibility index (Phi) is 4.36. The molecule has 1 aliphatic heterocycles. The monoisotopic (exact) mass is 307 g/mol. The quantitative estimate of drug-likeness (QED) is 0.943. The second-order valence-corrected chi connectivity index (χ2v) is 6.41. The lowest BCUT2D eigenvalue weighted by Gasteiger charge is -2.33. The normalized spacial score (nSPS) is 20.2. The number of thiazole rings is 1. The maximum absolute atomic E-state index is 6.23. The van der Waals surface area contributed by atoms with Crippen LogP contribution in [0, 0.1) is 0 Å². The van der Waals surface area contributed by atoms with Crippen LogP contribution in [0.3, 0.4) is 0 Å². The smallest absolute Gasteiger partial charge is 0.125 e. The summed E-state index contributed by atoms with van der Waals surface area (Å²) in [5, 5.41) is 7.33. The van der Waals surface area contributed by atoms with Gasteiger partial charge in [-0.2, -0.15) is 0 Å². The minimum atomic E-state index is 0.564. The number of piperazine rings is 1. The van der Waals surface area contributed by atoms with E-state index in [1.54, 1.807) is 11.3 Å². The summed E-state index contributed by atoms with van der Waals surface area (Å²) in [6.07, 6.45) is 0. The predicted octanol–water partition coefficient (Wildman–Crippen LogP) is 3.26. The molecule has 0 saturated carbocycles. The van der Waals surface area contributed by atoms with Crippen molar-refractivity contribution in [2.75, 3.05) is 19.6 Å². The van der Waals surface area contributed by atoms with E-state index in [-0.39, 0.29) is 0 Å². The second-order valence-electron chi connectivity index (χ2n) is 5.15. The Hall–Kier alpha value is -0.940. The first-order valence-corrected chi connectivity index (χ1v) is 8.14. The highest BCUT2D eigenvalue weighted by molar-refractivity contribution is 7.13. The minimum absolute atomic E-state index is 0.564. The van der Waals surface area contributed by atoms with Gasteiger partial charge in [0.1, 0.15) is 5.01 Å². The van der Waals surface area contributed by atoms with Crippen LogP contribution in [0.4, 0.5) is 0 Å². The van der Waals surface area contributed by atoms with E-state index in [4.69, 9.17) is 16.6 Å². The lowest BCUT2D eigenvalue weighted by molar-refractivity contribution is 0.164. The van der Waals surface area contributed by atoms with Crippen LogP contribution < -0.4 is 5.32 Å². The molecule has 0 unspecified atom stereocenters. The van der Waals surface area contributed by atoms with E-state index in [9.17, 15) is 0 Å². The first-order valence-electron chi connectivity index (χ1n) is 6.88. The van der Waals surface area contributed by atoms with Gasteiger partial charge in [-0.15, -0.1) is 11.3 Å². The van der Waals surface area contributed by atoms with Gasteiger partial charge in [-0.3, -0.25) is 4.90 Å². The van der Waals surface area contributed by atoms with E-state index in [2.05, 4.69) is 22.5 Å². The Morgan fingerprint density at radius 1 is 1.45 bits per heavy atom. The van der Waals surface area contributed by atoms with Gasteiger partial charge in [-0.25, -0.2) is 4.98 Å². The molecule has 1 aromatic carbocycles. The van der Waals surface area contributed by atoms with E-state index >= 15 is 0 Å². The van der Waals surface area contributed by atoms with Crippen LogP contribution in [0.5, 0.6) is 0 Å². The van der Waals surface area contributed by atoms with E-state index in [1.807, 2.05) is 24.3 Å². The molecule has 1 atom stereocenters. The molecular weight excluding hydrogens is 290 g/mol. The number of hydrogen-bond acceptors (Lipinski definition) is 4. The van der Waals surface area contributed by atoms with Gasteiger partial charge in [0.15, 0.2) is 0 Å². The zero-order valence-corrected chi connectivity index (χ0v) is 13.0. The summed E-state index contributed by atoms with van der Waals surface area (Å²) in [7, 11) is 0. The highest BCUT2D eigenvalue weighted by atomic mass is 35.5. The van der Waals surface area contributed by atoms with Crippen molar-refractivity contribution in [2.24, 2.45) is 0 Å². The zero-order chi connectivity index (χ0) is 13.9. The first kappa shape index (κ1) is 14.0. The zero-order valence-electron chi connectivity index (χ0n) is 11.5. The van der Waals surface area contributed by atoms with E-state index in [0.29, 0.717) is 6.04 Å². The molecule has 0 radical (unpaired) electrons. The van der Waals surface area contributed by atoms with Gasteiger partial charge in [0, 0.05) is 43.2 Å². The summed E-state index contributed by atoms with van der Waals surface area (Å²) in [6.45, 7) is 6.38. The van der Waals surface area contributed by atoms with Crippen LogP contribution in [0.15, 0.2) is 29.6 Å². The highest BCUT2D eigenvalue weighted by Gasteiger charge is 2.19. The molecule has 5 heteroatoms. The number of aromatic nitrogens is 1. The molecule has 1 N–H and O–H groups in total. The number of rotatable bonds is 3. The third-order valence-corrected chi connectivity index (χ3v) is 4.91. The second kappa shape index (κ2) is 6.22. The van der Waals surface area contributed by atoms with Crippen LogP contribution in [-0.2, 0) is 6.54 Å². The Bertz CT molecular complexity index is 584. The summed E-state index contributed by atoms with van der Waals surface area (Å²) < 4.78 is 0. The third kappa shape index (κ3) is 3.04. The number of benzene rings is 1. The molecule has 0 bridgehead atoms. The van der Waals surface area contributed by atoms with Gasteiger partial charge in [0.25, 0.3) is 0 Å². The number of nitrogens with zero attached hydrogens (tertiary/aromatic N) is 2. The van der Waals surface area contributed by atoms with Gasteiger partial charge in [0.2, 0.25) is 0 Å². The summed E-state index contributed by atoms with van der Waals surface area (Å²) in [5.74, 6) is 0. The summed E-state index contributed by atoms with van der Waals surface area (Å²) >= 11 is 7.90. The van der Waals surface area contributed by atoms with Gasteiger partial charge in [-0.1, -0.05) is 29.8 Å². The largest absolute Gasteiger partial charge is 0.314 e. The molecule has 0 amide bonds. The van der Waals surface area contributed by atoms with Crippen molar-refractivity contribution in [3.63, 3.8) is 0 Å². The molecule has 2 heterocycles. The summed E-state index contributed by atoms with van der Waals surface area (Å²) in [6, 6.07) is 8.45. The number of nitrogens with one attached hydrogen (secondary N) is 1. The molecule has 2 aromatic rings. The topological polar surface area (TPSA) is 28.2 Å². The van der Waals surface area contributed by atoms with Crippen molar-refractivity contribution < 1.29 is 0 Å². The van der Waals surface area contributed by atoms with Crippen LogP contribution in [0.25, 0.3) is 10.6 Å². The molecule has 0 spiro atoms. The minimum Gasteiger partial charge on any atom is -0.314 e. The molecule has 20 heavy (non-hydrogen) atoms. The van der Waals surface area contributed by atoms with E-state index in [1.165, 1.54) is 0 Å². The SMILES string of the molecule is C[C@@H]1CNCCN1Cc1csc(-c2ccccc2Cl)n1. The van der Waals surface area contributed by atoms with Crippen LogP contribution in [0.1, 0.15) is 12.6 Å². The van der Waals surface area contributed by atoms with Crippen LogP contribution >= 0.6 is 22.9 Å². The fourth-order valence-electron chi connectivity index (χ4n) is 2.46. The Morgan fingerprint density at radius 3 is 3.10 bits per heavy atom. The first-order chi connectivity index (χ1) is 9.74. The maximum Gasteiger partial charge on any atom is 0.125 e. The van der Waals surface area contributed by atoms with Crippen LogP contribution in [-0.4, -0.2) is 35.6 Å². The molecule has 1 aromatic heterocycles. The molecule has 106 valence electrons. The summed E-state index contributed by atoms with van der Waals surface area (Å²) in [5.41, 5.74) is 2.16. The van der Waals surface area contributed by atoms with Crippen molar-refractivity contribution in [2.45, 2.75) is 19.5 Å². The van der Waals surface area contributed by atoms with Gasteiger partial charge in [0.05, 0.1) is 10.7 Å². The molecular formula is C15H18ClN3S. The Balaban J connectivity index is 1.75. The Labute approximate surface area is 128 Å². The molecule has 0 aliphatic carbocycles. The number of hydrogen-bond donors (Lipinski definition) is 1. The molecule has 1 aliphatic rings. The standard InChI is InChI=1S/C15H18ClN3S/c1-11-8-17-6-7-19(11)9-12-10-20-15(18-12)13-4-2-3-5-14(13)16/h2-5,10-11,17H,6-9H2,1H3/t11-/m1/s1. The van der Waals surface area contributed by atoms with Gasteiger partial charge >= 0.3 is 0 Å². The lowest BCUT2D eigenvalue weighted by Crippen LogP contribution is -2.49. The Morgan fingerprint density at radius 2 is 2.30 bits per heavy atom. The highest BCUT2D eigenvalue weighted by Crippen LogP contribution is 2.30. The average molecular weight is 308 g/mol. The van der Waals surface area contributed by atoms with E-state index < -0.39 is 0 Å². The lowest BCUT2D eigenvalue weighted by atomic mass is 10.2. The van der Waals surface area contributed by atoms with Crippen molar-refractivity contribution in [1.82, 2.24) is 15.2 Å². The van der Waals surface area contributed by atoms with Crippen LogP contribution in [0.2, 0.25) is 5.02 Å². The summed E-state index contributed by atoms with van der Waals surface area (Å²) in [4.78, 5) is 7.22. The molecule has 3 nitrogen and oxygen atoms in total. The number of halogens is 1.